The summed E-state index contributed by atoms with van der Waals surface area (Å²) in [6.45, 7) is 10.4. The summed E-state index contributed by atoms with van der Waals surface area (Å²) in [4.78, 5) is 15.9. The van der Waals surface area contributed by atoms with Gasteiger partial charge in [0.25, 0.3) is 0 Å². The van der Waals surface area contributed by atoms with Gasteiger partial charge in [0.1, 0.15) is 5.82 Å². The number of nitrogen functional groups attached to an aromatic ring is 1. The van der Waals surface area contributed by atoms with Crippen molar-refractivity contribution in [2.75, 3.05) is 42.1 Å². The second-order valence-electron chi connectivity index (χ2n) is 7.86. The fraction of sp³-hybridized carbons (Fsp3) is 0.524. The van der Waals surface area contributed by atoms with Crippen LogP contribution in [0.2, 0.25) is 0 Å². The molecule has 4 heterocycles. The summed E-state index contributed by atoms with van der Waals surface area (Å²) in [6, 6.07) is 2.52. The van der Waals surface area contributed by atoms with Gasteiger partial charge in [0.2, 0.25) is 5.95 Å². The molecule has 0 bridgehead atoms. The second-order valence-corrected chi connectivity index (χ2v) is 7.86. The molecule has 4 rings (SSSR count). The van der Waals surface area contributed by atoms with Gasteiger partial charge in [-0.15, -0.1) is 5.10 Å². The molecule has 0 atom stereocenters. The SMILES string of the molecule is CCC(CC)Nc1nc(N)c2ncc(Cc3cnc(N4CCNCC4)c(C)c3)n2n1. The predicted molar refractivity (Wildman–Crippen MR) is 120 cm³/mol. The second kappa shape index (κ2) is 8.83. The van der Waals surface area contributed by atoms with Crippen LogP contribution in [0.5, 0.6) is 0 Å². The van der Waals surface area contributed by atoms with E-state index in [0.717, 1.165) is 56.1 Å². The normalized spacial score (nSPS) is 14.6. The van der Waals surface area contributed by atoms with Gasteiger partial charge in [0.15, 0.2) is 11.5 Å². The lowest BCUT2D eigenvalue weighted by Crippen LogP contribution is -2.44. The highest BCUT2D eigenvalue weighted by molar-refractivity contribution is 5.61. The lowest BCUT2D eigenvalue weighted by molar-refractivity contribution is 0.584. The Labute approximate surface area is 177 Å². The number of anilines is 3. The van der Waals surface area contributed by atoms with Crippen molar-refractivity contribution in [2.45, 2.75) is 46.1 Å². The topological polar surface area (TPSA) is 109 Å². The molecule has 30 heavy (non-hydrogen) atoms. The fourth-order valence-corrected chi connectivity index (χ4v) is 3.94. The average Bonchev–Trinajstić information content (AvgIpc) is 3.16. The van der Waals surface area contributed by atoms with Crippen LogP contribution in [-0.2, 0) is 6.42 Å². The Bertz CT molecular complexity index is 1000. The van der Waals surface area contributed by atoms with Crippen molar-refractivity contribution >= 4 is 23.2 Å². The Morgan fingerprint density at radius 3 is 2.63 bits per heavy atom. The molecule has 160 valence electrons. The zero-order valence-corrected chi connectivity index (χ0v) is 18.0. The van der Waals surface area contributed by atoms with E-state index in [2.05, 4.69) is 57.4 Å². The van der Waals surface area contributed by atoms with Gasteiger partial charge >= 0.3 is 0 Å². The average molecular weight is 410 g/mol. The highest BCUT2D eigenvalue weighted by Crippen LogP contribution is 2.21. The van der Waals surface area contributed by atoms with Crippen molar-refractivity contribution in [2.24, 2.45) is 0 Å². The van der Waals surface area contributed by atoms with Crippen molar-refractivity contribution in [3.8, 4) is 0 Å². The number of hydrogen-bond acceptors (Lipinski definition) is 8. The summed E-state index contributed by atoms with van der Waals surface area (Å²) >= 11 is 0. The molecule has 1 aliphatic rings. The highest BCUT2D eigenvalue weighted by atomic mass is 15.3. The smallest absolute Gasteiger partial charge is 0.243 e. The summed E-state index contributed by atoms with van der Waals surface area (Å²) in [5.41, 5.74) is 10.0. The number of pyridine rings is 1. The molecule has 0 amide bonds. The minimum absolute atomic E-state index is 0.318. The molecule has 4 N–H and O–H groups in total. The number of hydrogen-bond donors (Lipinski definition) is 3. The molecule has 1 saturated heterocycles. The zero-order chi connectivity index (χ0) is 21.1. The van der Waals surface area contributed by atoms with E-state index in [1.807, 2.05) is 12.4 Å². The van der Waals surface area contributed by atoms with E-state index in [9.17, 15) is 0 Å². The maximum absolute atomic E-state index is 6.15. The van der Waals surface area contributed by atoms with Gasteiger partial charge in [-0.2, -0.15) is 4.98 Å². The molecule has 3 aromatic heterocycles. The first-order valence-electron chi connectivity index (χ1n) is 10.8. The monoisotopic (exact) mass is 409 g/mol. The minimum atomic E-state index is 0.318. The summed E-state index contributed by atoms with van der Waals surface area (Å²) in [6.07, 6.45) is 6.45. The van der Waals surface area contributed by atoms with Crippen molar-refractivity contribution in [1.29, 1.82) is 0 Å². The van der Waals surface area contributed by atoms with E-state index >= 15 is 0 Å². The first kappa shape index (κ1) is 20.3. The van der Waals surface area contributed by atoms with Crippen LogP contribution in [0.4, 0.5) is 17.6 Å². The first-order chi connectivity index (χ1) is 14.6. The lowest BCUT2D eigenvalue weighted by atomic mass is 10.1. The standard InChI is InChI=1S/C21H31N9/c1-4-16(5-2)26-21-27-18(22)20-25-13-17(30(20)28-21)11-15-10-14(3)19(24-12-15)29-8-6-23-7-9-29/h10,12-13,16,23H,4-9,11H2,1-3H3,(H3,22,26,27,28). The minimum Gasteiger partial charge on any atom is -0.380 e. The Morgan fingerprint density at radius 1 is 1.17 bits per heavy atom. The van der Waals surface area contributed by atoms with Gasteiger partial charge in [-0.1, -0.05) is 19.9 Å². The third-order valence-corrected chi connectivity index (χ3v) is 5.69. The molecule has 9 heteroatoms. The molecule has 0 saturated carbocycles. The summed E-state index contributed by atoms with van der Waals surface area (Å²) in [5, 5.41) is 11.4. The summed E-state index contributed by atoms with van der Waals surface area (Å²) in [5.74, 6) is 1.99. The van der Waals surface area contributed by atoms with Gasteiger partial charge in [-0.3, -0.25) is 0 Å². The number of piperazine rings is 1. The quantitative estimate of drug-likeness (QED) is 0.544. The number of nitrogens with one attached hydrogen (secondary N) is 2. The Balaban J connectivity index is 1.59. The number of aromatic nitrogens is 5. The molecule has 3 aromatic rings. The molecule has 9 nitrogen and oxygen atoms in total. The van der Waals surface area contributed by atoms with E-state index in [-0.39, 0.29) is 0 Å². The molecular formula is C21H31N9. The Morgan fingerprint density at radius 2 is 1.93 bits per heavy atom. The van der Waals surface area contributed by atoms with E-state index in [1.54, 1.807) is 4.52 Å². The fourth-order valence-electron chi connectivity index (χ4n) is 3.94. The number of nitrogens with zero attached hydrogens (tertiary/aromatic N) is 6. The molecule has 0 unspecified atom stereocenters. The third kappa shape index (κ3) is 4.16. The van der Waals surface area contributed by atoms with Crippen LogP contribution in [0.15, 0.2) is 18.5 Å². The number of fused-ring (bicyclic) bond motifs is 1. The van der Waals surface area contributed by atoms with Crippen LogP contribution in [0.3, 0.4) is 0 Å². The summed E-state index contributed by atoms with van der Waals surface area (Å²) < 4.78 is 1.80. The number of nitrogens with two attached hydrogens (primary N) is 1. The van der Waals surface area contributed by atoms with Gasteiger partial charge in [-0.25, -0.2) is 14.5 Å². The van der Waals surface area contributed by atoms with Gasteiger partial charge in [-0.05, 0) is 30.9 Å². The number of aryl methyl sites for hydroxylation is 1. The number of imidazole rings is 1. The van der Waals surface area contributed by atoms with Crippen LogP contribution in [0, 0.1) is 6.92 Å². The third-order valence-electron chi connectivity index (χ3n) is 5.69. The Kier molecular flexibility index (Phi) is 5.98. The van der Waals surface area contributed by atoms with Crippen LogP contribution in [-0.4, -0.2) is 56.8 Å². The molecule has 0 radical (unpaired) electrons. The van der Waals surface area contributed by atoms with Crippen LogP contribution >= 0.6 is 0 Å². The van der Waals surface area contributed by atoms with Crippen LogP contribution in [0.25, 0.3) is 5.65 Å². The maximum Gasteiger partial charge on any atom is 0.243 e. The van der Waals surface area contributed by atoms with E-state index in [1.165, 1.54) is 5.56 Å². The first-order valence-corrected chi connectivity index (χ1v) is 10.8. The van der Waals surface area contributed by atoms with E-state index in [4.69, 9.17) is 10.7 Å². The van der Waals surface area contributed by atoms with Gasteiger partial charge < -0.3 is 21.3 Å². The van der Waals surface area contributed by atoms with Gasteiger partial charge in [0, 0.05) is 44.8 Å². The van der Waals surface area contributed by atoms with E-state index < -0.39 is 0 Å². The lowest BCUT2D eigenvalue weighted by Gasteiger charge is -2.29. The van der Waals surface area contributed by atoms with E-state index in [0.29, 0.717) is 29.9 Å². The van der Waals surface area contributed by atoms with Crippen molar-refractivity contribution < 1.29 is 0 Å². The molecule has 1 aliphatic heterocycles. The Hall–Kier alpha value is -2.94. The molecule has 0 spiro atoms. The summed E-state index contributed by atoms with van der Waals surface area (Å²) in [7, 11) is 0. The van der Waals surface area contributed by atoms with Crippen LogP contribution in [0.1, 0.15) is 43.5 Å². The predicted octanol–water partition coefficient (Wildman–Crippen LogP) is 2.01. The molecule has 1 fully saturated rings. The van der Waals surface area contributed by atoms with Gasteiger partial charge in [0.05, 0.1) is 11.9 Å². The zero-order valence-electron chi connectivity index (χ0n) is 18.0. The van der Waals surface area contributed by atoms with Crippen LogP contribution < -0.4 is 21.3 Å². The molecule has 0 aliphatic carbocycles. The highest BCUT2D eigenvalue weighted by Gasteiger charge is 2.16. The molecule has 0 aromatic carbocycles. The van der Waals surface area contributed by atoms with Crippen molar-refractivity contribution in [3.05, 3.63) is 35.3 Å². The maximum atomic E-state index is 6.15. The largest absolute Gasteiger partial charge is 0.380 e. The van der Waals surface area contributed by atoms with Crippen molar-refractivity contribution in [1.82, 2.24) is 29.9 Å². The molecular weight excluding hydrogens is 378 g/mol. The number of rotatable bonds is 7. The van der Waals surface area contributed by atoms with Crippen molar-refractivity contribution in [3.63, 3.8) is 0 Å².